The number of ether oxygens (including phenoxy) is 1. The van der Waals surface area contributed by atoms with Crippen molar-refractivity contribution in [1.82, 2.24) is 9.80 Å². The lowest BCUT2D eigenvalue weighted by Gasteiger charge is -2.36. The molecule has 21 heavy (non-hydrogen) atoms. The highest BCUT2D eigenvalue weighted by Gasteiger charge is 2.33. The second-order valence-corrected chi connectivity index (χ2v) is 6.08. The Morgan fingerprint density at radius 1 is 1.19 bits per heavy atom. The van der Waals surface area contributed by atoms with Crippen LogP contribution in [0.25, 0.3) is 0 Å². The quantitative estimate of drug-likeness (QED) is 0.832. The zero-order chi connectivity index (χ0) is 13.8. The van der Waals surface area contributed by atoms with Crippen LogP contribution in [0.5, 0.6) is 0 Å². The van der Waals surface area contributed by atoms with Crippen molar-refractivity contribution < 1.29 is 9.53 Å². The van der Waals surface area contributed by atoms with Gasteiger partial charge in [-0.3, -0.25) is 9.69 Å². The molecule has 2 aliphatic heterocycles. The van der Waals surface area contributed by atoms with Crippen LogP contribution in [-0.2, 0) is 9.53 Å². The number of nitrogens with zero attached hydrogens (tertiary/aromatic N) is 2. The molecule has 126 valence electrons. The zero-order valence-corrected chi connectivity index (χ0v) is 14.6. The van der Waals surface area contributed by atoms with Crippen molar-refractivity contribution in [3.05, 3.63) is 0 Å². The molecule has 2 atom stereocenters. The zero-order valence-electron chi connectivity index (χ0n) is 13.0. The molecule has 2 heterocycles. The molecule has 2 aliphatic rings. The SMILES string of the molecule is CC(C)CN1CCN(C(=O)[C@@H]2CC[C@H](CN)O2)CC1.Cl.Cl. The normalized spacial score (nSPS) is 26.4. The van der Waals surface area contributed by atoms with Crippen molar-refractivity contribution in [3.8, 4) is 0 Å². The van der Waals surface area contributed by atoms with Crippen molar-refractivity contribution in [1.29, 1.82) is 0 Å². The second kappa shape index (κ2) is 9.85. The molecule has 0 spiro atoms. The summed E-state index contributed by atoms with van der Waals surface area (Å²) in [5.41, 5.74) is 5.58. The van der Waals surface area contributed by atoms with Crippen molar-refractivity contribution >= 4 is 30.7 Å². The highest BCUT2D eigenvalue weighted by atomic mass is 35.5. The van der Waals surface area contributed by atoms with Gasteiger partial charge in [-0.2, -0.15) is 0 Å². The van der Waals surface area contributed by atoms with Gasteiger partial charge in [0.15, 0.2) is 0 Å². The Balaban J connectivity index is 0.00000200. The minimum atomic E-state index is -0.245. The fourth-order valence-electron chi connectivity index (χ4n) is 2.93. The Morgan fingerprint density at radius 2 is 1.81 bits per heavy atom. The predicted octanol–water partition coefficient (Wildman–Crippen LogP) is 1.14. The van der Waals surface area contributed by atoms with Gasteiger partial charge in [0.2, 0.25) is 0 Å². The smallest absolute Gasteiger partial charge is 0.251 e. The van der Waals surface area contributed by atoms with Gasteiger partial charge >= 0.3 is 0 Å². The first-order valence-electron chi connectivity index (χ1n) is 7.46. The Bertz CT molecular complexity index is 311. The first-order valence-corrected chi connectivity index (χ1v) is 7.46. The first kappa shape index (κ1) is 20.9. The second-order valence-electron chi connectivity index (χ2n) is 6.08. The maximum absolute atomic E-state index is 12.3. The topological polar surface area (TPSA) is 58.8 Å². The highest BCUT2D eigenvalue weighted by Crippen LogP contribution is 2.21. The summed E-state index contributed by atoms with van der Waals surface area (Å²) in [6.45, 7) is 9.74. The molecule has 0 unspecified atom stereocenters. The molecule has 0 aromatic rings. The molecule has 2 rings (SSSR count). The Kier molecular flexibility index (Phi) is 9.81. The average Bonchev–Trinajstić information content (AvgIpc) is 2.87. The number of amides is 1. The van der Waals surface area contributed by atoms with Gasteiger partial charge in [-0.1, -0.05) is 13.8 Å². The van der Waals surface area contributed by atoms with Crippen molar-refractivity contribution in [2.75, 3.05) is 39.3 Å². The van der Waals surface area contributed by atoms with E-state index in [4.69, 9.17) is 10.5 Å². The Labute approximate surface area is 140 Å². The van der Waals surface area contributed by atoms with Gasteiger partial charge in [0.25, 0.3) is 5.91 Å². The van der Waals surface area contributed by atoms with E-state index in [1.807, 2.05) is 4.90 Å². The first-order chi connectivity index (χ1) is 9.10. The minimum Gasteiger partial charge on any atom is -0.364 e. The van der Waals surface area contributed by atoms with Crippen LogP contribution in [0.3, 0.4) is 0 Å². The molecule has 2 fully saturated rings. The molecule has 5 nitrogen and oxygen atoms in total. The van der Waals surface area contributed by atoms with Gasteiger partial charge < -0.3 is 15.4 Å². The Morgan fingerprint density at radius 3 is 2.29 bits per heavy atom. The van der Waals surface area contributed by atoms with E-state index >= 15 is 0 Å². The van der Waals surface area contributed by atoms with Crippen LogP contribution in [0.15, 0.2) is 0 Å². The summed E-state index contributed by atoms with van der Waals surface area (Å²) in [5, 5.41) is 0. The summed E-state index contributed by atoms with van der Waals surface area (Å²) in [7, 11) is 0. The molecule has 0 radical (unpaired) electrons. The summed E-state index contributed by atoms with van der Waals surface area (Å²) >= 11 is 0. The maximum atomic E-state index is 12.3. The van der Waals surface area contributed by atoms with Crippen LogP contribution < -0.4 is 5.73 Å². The number of piperazine rings is 1. The monoisotopic (exact) mass is 341 g/mol. The third kappa shape index (κ3) is 5.91. The van der Waals surface area contributed by atoms with Crippen molar-refractivity contribution in [3.63, 3.8) is 0 Å². The lowest BCUT2D eigenvalue weighted by Crippen LogP contribution is -2.52. The number of carbonyl (C=O) groups excluding carboxylic acids is 1. The van der Waals surface area contributed by atoms with E-state index in [0.29, 0.717) is 12.5 Å². The third-order valence-corrected chi connectivity index (χ3v) is 3.95. The molecule has 0 saturated carbocycles. The summed E-state index contributed by atoms with van der Waals surface area (Å²) in [4.78, 5) is 16.7. The standard InChI is InChI=1S/C14H27N3O2.2ClH/c1-11(2)10-16-5-7-17(8-6-16)14(18)13-4-3-12(9-15)19-13;;/h11-13H,3-10,15H2,1-2H3;2*1H/t12-,13+;;/m1../s1. The van der Waals surface area contributed by atoms with E-state index in [0.717, 1.165) is 45.6 Å². The number of hydrogen-bond acceptors (Lipinski definition) is 4. The summed E-state index contributed by atoms with van der Waals surface area (Å²) in [6.07, 6.45) is 1.58. The minimum absolute atomic E-state index is 0. The van der Waals surface area contributed by atoms with E-state index < -0.39 is 0 Å². The van der Waals surface area contributed by atoms with E-state index in [2.05, 4.69) is 18.7 Å². The largest absolute Gasteiger partial charge is 0.364 e. The number of rotatable bonds is 4. The maximum Gasteiger partial charge on any atom is 0.251 e. The number of halogens is 2. The van der Waals surface area contributed by atoms with Gasteiger partial charge in [0.1, 0.15) is 6.10 Å². The van der Waals surface area contributed by atoms with E-state index in [1.165, 1.54) is 0 Å². The number of nitrogens with two attached hydrogens (primary N) is 1. The Hall–Kier alpha value is -0.0700. The summed E-state index contributed by atoms with van der Waals surface area (Å²) < 4.78 is 5.69. The van der Waals surface area contributed by atoms with E-state index in [-0.39, 0.29) is 42.9 Å². The molecule has 0 aromatic heterocycles. The van der Waals surface area contributed by atoms with Crippen molar-refractivity contribution in [2.45, 2.75) is 38.9 Å². The third-order valence-electron chi connectivity index (χ3n) is 3.95. The van der Waals surface area contributed by atoms with Gasteiger partial charge in [0, 0.05) is 39.3 Å². The molecule has 7 heteroatoms. The van der Waals surface area contributed by atoms with Crippen LogP contribution >= 0.6 is 24.8 Å². The van der Waals surface area contributed by atoms with Gasteiger partial charge in [-0.15, -0.1) is 24.8 Å². The van der Waals surface area contributed by atoms with E-state index in [9.17, 15) is 4.79 Å². The molecule has 0 aromatic carbocycles. The number of carbonyl (C=O) groups is 1. The molecule has 2 N–H and O–H groups in total. The number of hydrogen-bond donors (Lipinski definition) is 1. The van der Waals surface area contributed by atoms with Crippen LogP contribution in [-0.4, -0.2) is 67.2 Å². The van der Waals surface area contributed by atoms with Crippen LogP contribution in [0.4, 0.5) is 0 Å². The molecule has 0 bridgehead atoms. The van der Waals surface area contributed by atoms with Crippen LogP contribution in [0.1, 0.15) is 26.7 Å². The van der Waals surface area contributed by atoms with Crippen LogP contribution in [0, 0.1) is 5.92 Å². The summed E-state index contributed by atoms with van der Waals surface area (Å²) in [5.74, 6) is 0.853. The van der Waals surface area contributed by atoms with Gasteiger partial charge in [-0.05, 0) is 18.8 Å². The molecular weight excluding hydrogens is 313 g/mol. The molecule has 1 amide bonds. The fourth-order valence-corrected chi connectivity index (χ4v) is 2.93. The fraction of sp³-hybridized carbons (Fsp3) is 0.929. The highest BCUT2D eigenvalue weighted by molar-refractivity contribution is 5.85. The van der Waals surface area contributed by atoms with Crippen molar-refractivity contribution in [2.24, 2.45) is 11.7 Å². The average molecular weight is 342 g/mol. The summed E-state index contributed by atoms with van der Waals surface area (Å²) in [6, 6.07) is 0. The van der Waals surface area contributed by atoms with E-state index in [1.54, 1.807) is 0 Å². The van der Waals surface area contributed by atoms with Gasteiger partial charge in [-0.25, -0.2) is 0 Å². The van der Waals surface area contributed by atoms with Crippen LogP contribution in [0.2, 0.25) is 0 Å². The lowest BCUT2D eigenvalue weighted by atomic mass is 10.1. The van der Waals surface area contributed by atoms with Gasteiger partial charge in [0.05, 0.1) is 6.10 Å². The molecule has 0 aliphatic carbocycles. The predicted molar refractivity (Wildman–Crippen MR) is 89.3 cm³/mol. The lowest BCUT2D eigenvalue weighted by molar-refractivity contribution is -0.144. The molecular formula is C14H29Cl2N3O2. The molecule has 2 saturated heterocycles.